The minimum absolute atomic E-state index is 0.0839. The van der Waals surface area contributed by atoms with Crippen LogP contribution in [0.3, 0.4) is 0 Å². The fourth-order valence-electron chi connectivity index (χ4n) is 4.65. The first kappa shape index (κ1) is 27.9. The number of ether oxygens (including phenoxy) is 4. The average Bonchev–Trinajstić information content (AvgIpc) is 2.90. The molecule has 2 aliphatic rings. The first-order chi connectivity index (χ1) is 19.0. The monoisotopic (exact) mass is 585 g/mol. The lowest BCUT2D eigenvalue weighted by molar-refractivity contribution is -0.143. The van der Waals surface area contributed by atoms with Crippen molar-refractivity contribution in [3.8, 4) is 17.2 Å². The normalized spacial score (nSPS) is 18.1. The Morgan fingerprint density at radius 2 is 1.80 bits per heavy atom. The lowest BCUT2D eigenvalue weighted by Crippen LogP contribution is -2.50. The van der Waals surface area contributed by atoms with E-state index in [2.05, 4.69) is 0 Å². The number of rotatable bonds is 5. The van der Waals surface area contributed by atoms with Gasteiger partial charge in [0.05, 0.1) is 16.6 Å². The van der Waals surface area contributed by atoms with E-state index in [1.165, 1.54) is 4.90 Å². The number of aliphatic carboxylic acids is 1. The van der Waals surface area contributed by atoms with Gasteiger partial charge in [-0.3, -0.25) is 4.90 Å². The number of carboxylic acid groups (broad SMARTS) is 1. The second-order valence-electron chi connectivity index (χ2n) is 10.8. The van der Waals surface area contributed by atoms with Crippen LogP contribution in [0.4, 0.5) is 4.79 Å². The second-order valence-corrected chi connectivity index (χ2v) is 11.6. The molecule has 0 aliphatic carbocycles. The summed E-state index contributed by atoms with van der Waals surface area (Å²) < 4.78 is 23.8. The SMILES string of the molecule is CC(C)(C)OC(=O)N1Cc2cc3c(cc2C[C@H]1C(=O)O)OC[C@H](c1cccc(OCc2ccc(Cl)c(Cl)c2)c1)O3. The van der Waals surface area contributed by atoms with E-state index in [0.29, 0.717) is 33.9 Å². The summed E-state index contributed by atoms with van der Waals surface area (Å²) in [6, 6.07) is 15.5. The van der Waals surface area contributed by atoms with E-state index in [4.69, 9.17) is 42.1 Å². The molecule has 5 rings (SSSR count). The number of carbonyl (C=O) groups excluding carboxylic acids is 1. The summed E-state index contributed by atoms with van der Waals surface area (Å²) in [5, 5.41) is 10.8. The Morgan fingerprint density at radius 3 is 2.52 bits per heavy atom. The Morgan fingerprint density at radius 1 is 1.02 bits per heavy atom. The number of benzene rings is 3. The van der Waals surface area contributed by atoms with Gasteiger partial charge in [-0.05, 0) is 79.4 Å². The van der Waals surface area contributed by atoms with Gasteiger partial charge in [-0.15, -0.1) is 0 Å². The van der Waals surface area contributed by atoms with Crippen molar-refractivity contribution in [1.29, 1.82) is 0 Å². The van der Waals surface area contributed by atoms with Crippen LogP contribution < -0.4 is 14.2 Å². The van der Waals surface area contributed by atoms with Gasteiger partial charge in [-0.1, -0.05) is 41.4 Å². The van der Waals surface area contributed by atoms with E-state index in [-0.39, 0.29) is 19.6 Å². The lowest BCUT2D eigenvalue weighted by Gasteiger charge is -2.36. The number of carboxylic acids is 1. The van der Waals surface area contributed by atoms with Crippen molar-refractivity contribution in [2.24, 2.45) is 0 Å². The highest BCUT2D eigenvalue weighted by molar-refractivity contribution is 6.42. The number of carbonyl (C=O) groups is 2. The van der Waals surface area contributed by atoms with Crippen molar-refractivity contribution < 1.29 is 33.6 Å². The summed E-state index contributed by atoms with van der Waals surface area (Å²) >= 11 is 12.1. The van der Waals surface area contributed by atoms with Gasteiger partial charge in [0.25, 0.3) is 0 Å². The minimum Gasteiger partial charge on any atom is -0.489 e. The first-order valence-corrected chi connectivity index (χ1v) is 13.6. The molecule has 0 fully saturated rings. The van der Waals surface area contributed by atoms with Gasteiger partial charge in [0.15, 0.2) is 17.6 Å². The Labute approximate surface area is 242 Å². The molecule has 210 valence electrons. The molecule has 1 N–H and O–H groups in total. The molecule has 0 unspecified atom stereocenters. The van der Waals surface area contributed by atoms with Crippen molar-refractivity contribution in [3.05, 3.63) is 86.9 Å². The molecule has 0 bridgehead atoms. The minimum atomic E-state index is -1.09. The Balaban J connectivity index is 1.32. The van der Waals surface area contributed by atoms with Crippen molar-refractivity contribution in [1.82, 2.24) is 4.90 Å². The third kappa shape index (κ3) is 6.24. The summed E-state index contributed by atoms with van der Waals surface area (Å²) in [6.07, 6.45) is -0.922. The van der Waals surface area contributed by atoms with Gasteiger partial charge in [-0.25, -0.2) is 9.59 Å². The molecule has 8 nitrogen and oxygen atoms in total. The third-order valence-electron chi connectivity index (χ3n) is 6.59. The molecule has 3 aromatic carbocycles. The number of amides is 1. The van der Waals surface area contributed by atoms with Gasteiger partial charge in [-0.2, -0.15) is 0 Å². The highest BCUT2D eigenvalue weighted by Gasteiger charge is 2.38. The van der Waals surface area contributed by atoms with Crippen LogP contribution in [0.25, 0.3) is 0 Å². The van der Waals surface area contributed by atoms with E-state index in [1.54, 1.807) is 39.0 Å². The summed E-state index contributed by atoms with van der Waals surface area (Å²) in [7, 11) is 0. The quantitative estimate of drug-likeness (QED) is 0.350. The summed E-state index contributed by atoms with van der Waals surface area (Å²) in [6.45, 7) is 5.91. The van der Waals surface area contributed by atoms with E-state index >= 15 is 0 Å². The van der Waals surface area contributed by atoms with Crippen LogP contribution in [0, 0.1) is 0 Å². The third-order valence-corrected chi connectivity index (χ3v) is 7.33. The standard InChI is InChI=1S/C30H29Cl2NO7/c1-30(2,3)40-29(36)33-14-20-13-26-25(12-19(20)11-24(33)28(34)35)38-16-27(39-26)18-5-4-6-21(10-18)37-15-17-7-8-22(31)23(32)9-17/h4-10,12-13,24,27H,11,14-16H2,1-3H3,(H,34,35)/t24-,27+/m0/s1. The zero-order valence-corrected chi connectivity index (χ0v) is 23.8. The number of nitrogens with zero attached hydrogens (tertiary/aromatic N) is 1. The van der Waals surface area contributed by atoms with Crippen LogP contribution in [0.1, 0.15) is 49.1 Å². The molecule has 0 aromatic heterocycles. The fourth-order valence-corrected chi connectivity index (χ4v) is 4.97. The van der Waals surface area contributed by atoms with E-state index in [1.807, 2.05) is 36.4 Å². The predicted octanol–water partition coefficient (Wildman–Crippen LogP) is 6.83. The van der Waals surface area contributed by atoms with Crippen LogP contribution in [0.5, 0.6) is 17.2 Å². The Kier molecular flexibility index (Phi) is 7.75. The molecule has 2 aliphatic heterocycles. The Bertz CT molecular complexity index is 1450. The zero-order chi connectivity index (χ0) is 28.6. The number of halogens is 2. The van der Waals surface area contributed by atoms with Gasteiger partial charge in [0.2, 0.25) is 0 Å². The number of hydrogen-bond acceptors (Lipinski definition) is 6. The molecule has 0 radical (unpaired) electrons. The topological polar surface area (TPSA) is 94.5 Å². The van der Waals surface area contributed by atoms with Crippen molar-refractivity contribution >= 4 is 35.3 Å². The highest BCUT2D eigenvalue weighted by atomic mass is 35.5. The maximum atomic E-state index is 12.8. The van der Waals surface area contributed by atoms with Crippen LogP contribution in [0.2, 0.25) is 10.0 Å². The molecule has 1 amide bonds. The second kappa shape index (κ2) is 11.1. The molecule has 10 heteroatoms. The molecule has 3 aromatic rings. The van der Waals surface area contributed by atoms with Crippen LogP contribution >= 0.6 is 23.2 Å². The van der Waals surface area contributed by atoms with Gasteiger partial charge < -0.3 is 24.1 Å². The number of fused-ring (bicyclic) bond motifs is 2. The molecule has 0 spiro atoms. The van der Waals surface area contributed by atoms with Crippen LogP contribution in [0.15, 0.2) is 54.6 Å². The largest absolute Gasteiger partial charge is 0.489 e. The van der Waals surface area contributed by atoms with Gasteiger partial charge >= 0.3 is 12.1 Å². The Hall–Kier alpha value is -3.62. The first-order valence-electron chi connectivity index (χ1n) is 12.8. The lowest BCUT2D eigenvalue weighted by atomic mass is 9.93. The molecular weight excluding hydrogens is 557 g/mol. The molecule has 40 heavy (non-hydrogen) atoms. The van der Waals surface area contributed by atoms with E-state index in [0.717, 1.165) is 22.3 Å². The smallest absolute Gasteiger partial charge is 0.411 e. The van der Waals surface area contributed by atoms with Crippen molar-refractivity contribution in [3.63, 3.8) is 0 Å². The van der Waals surface area contributed by atoms with E-state index < -0.39 is 29.8 Å². The molecular formula is C30H29Cl2NO7. The summed E-state index contributed by atoms with van der Waals surface area (Å²) in [5.74, 6) is 0.635. The summed E-state index contributed by atoms with van der Waals surface area (Å²) in [5.41, 5.74) is 2.59. The molecule has 2 atom stereocenters. The van der Waals surface area contributed by atoms with E-state index in [9.17, 15) is 14.7 Å². The van der Waals surface area contributed by atoms with Crippen LogP contribution in [-0.4, -0.2) is 40.3 Å². The molecule has 0 saturated carbocycles. The predicted molar refractivity (Wildman–Crippen MR) is 149 cm³/mol. The number of hydrogen-bond donors (Lipinski definition) is 1. The highest BCUT2D eigenvalue weighted by Crippen LogP contribution is 2.41. The van der Waals surface area contributed by atoms with Gasteiger partial charge in [0.1, 0.15) is 30.6 Å². The summed E-state index contributed by atoms with van der Waals surface area (Å²) in [4.78, 5) is 26.1. The van der Waals surface area contributed by atoms with Crippen molar-refractivity contribution in [2.75, 3.05) is 6.61 Å². The van der Waals surface area contributed by atoms with Gasteiger partial charge in [0, 0.05) is 6.42 Å². The zero-order valence-electron chi connectivity index (χ0n) is 22.3. The van der Waals surface area contributed by atoms with Crippen molar-refractivity contribution in [2.45, 2.75) is 58.1 Å². The maximum absolute atomic E-state index is 12.8. The molecule has 0 saturated heterocycles. The van der Waals surface area contributed by atoms with Crippen LogP contribution in [-0.2, 0) is 29.1 Å². The maximum Gasteiger partial charge on any atom is 0.411 e. The fraction of sp³-hybridized carbons (Fsp3) is 0.333. The average molecular weight is 586 g/mol. The molecule has 2 heterocycles.